The minimum Gasteiger partial charge on any atom is -0.491 e. The van der Waals surface area contributed by atoms with Gasteiger partial charge in [0, 0.05) is 11.5 Å². The Morgan fingerprint density at radius 3 is 1.67 bits per heavy atom. The average molecular weight is 401 g/mol. The molecule has 0 heterocycles. The van der Waals surface area contributed by atoms with Crippen molar-refractivity contribution in [3.8, 4) is 5.75 Å². The number of hydrogen-bond donors (Lipinski definition) is 0. The van der Waals surface area contributed by atoms with Crippen molar-refractivity contribution in [1.82, 2.24) is 0 Å². The van der Waals surface area contributed by atoms with Gasteiger partial charge >= 0.3 is 0 Å². The Hall–Kier alpha value is -0.790. The summed E-state index contributed by atoms with van der Waals surface area (Å²) in [4.78, 5) is 1.23. The van der Waals surface area contributed by atoms with Crippen molar-refractivity contribution in [3.63, 3.8) is 0 Å². The lowest BCUT2D eigenvalue weighted by Crippen LogP contribution is -2.13. The van der Waals surface area contributed by atoms with E-state index in [1.54, 1.807) is 11.8 Å². The first kappa shape index (κ1) is 24.2. The highest BCUT2D eigenvalue weighted by molar-refractivity contribution is 7.98. The molecule has 0 amide bonds. The van der Waals surface area contributed by atoms with Crippen LogP contribution in [0.4, 0.5) is 0 Å². The van der Waals surface area contributed by atoms with Crippen LogP contribution in [0.25, 0.3) is 0 Å². The van der Waals surface area contributed by atoms with Crippen LogP contribution in [0.1, 0.15) is 32.6 Å². The Bertz CT molecular complexity index is 427. The van der Waals surface area contributed by atoms with Gasteiger partial charge in [-0.15, -0.1) is 11.8 Å². The Kier molecular flexibility index (Phi) is 16.7. The second-order valence-corrected chi connectivity index (χ2v) is 6.91. The van der Waals surface area contributed by atoms with Crippen molar-refractivity contribution in [1.29, 1.82) is 0 Å². The standard InChI is InChI=1S/C21H36O5S/c1-3-4-5-6-11-22-12-13-23-14-15-24-16-17-25-18-19-26-20-7-9-21(27-2)10-8-20/h7-10H,3-6,11-19H2,1-2H3. The van der Waals surface area contributed by atoms with Crippen LogP contribution in [0.2, 0.25) is 0 Å². The van der Waals surface area contributed by atoms with Gasteiger partial charge in [0.25, 0.3) is 0 Å². The van der Waals surface area contributed by atoms with Crippen LogP contribution in [0, 0.1) is 0 Å². The maximum atomic E-state index is 5.62. The van der Waals surface area contributed by atoms with E-state index in [9.17, 15) is 0 Å². The van der Waals surface area contributed by atoms with Crippen molar-refractivity contribution < 1.29 is 23.7 Å². The van der Waals surface area contributed by atoms with Gasteiger partial charge < -0.3 is 23.7 Å². The molecule has 0 fully saturated rings. The van der Waals surface area contributed by atoms with E-state index in [-0.39, 0.29) is 0 Å². The van der Waals surface area contributed by atoms with Gasteiger partial charge in [-0.25, -0.2) is 0 Å². The van der Waals surface area contributed by atoms with E-state index in [2.05, 4.69) is 25.3 Å². The second-order valence-electron chi connectivity index (χ2n) is 6.03. The van der Waals surface area contributed by atoms with Crippen molar-refractivity contribution in [2.45, 2.75) is 37.5 Å². The number of hydrogen-bond acceptors (Lipinski definition) is 6. The molecule has 0 aliphatic heterocycles. The topological polar surface area (TPSA) is 46.2 Å². The molecule has 0 aliphatic rings. The van der Waals surface area contributed by atoms with Crippen LogP contribution in [-0.4, -0.2) is 65.7 Å². The molecule has 0 atom stereocenters. The Balaban J connectivity index is 1.75. The van der Waals surface area contributed by atoms with E-state index >= 15 is 0 Å². The predicted molar refractivity (Wildman–Crippen MR) is 111 cm³/mol. The highest BCUT2D eigenvalue weighted by Gasteiger charge is 1.96. The molecule has 1 aromatic rings. The van der Waals surface area contributed by atoms with E-state index in [1.807, 2.05) is 12.1 Å². The fourth-order valence-electron chi connectivity index (χ4n) is 2.28. The van der Waals surface area contributed by atoms with Gasteiger partial charge in [0.15, 0.2) is 0 Å². The first-order valence-electron chi connectivity index (χ1n) is 9.94. The zero-order valence-corrected chi connectivity index (χ0v) is 17.8. The molecule has 0 unspecified atom stereocenters. The number of unbranched alkanes of at least 4 members (excludes halogenated alkanes) is 3. The zero-order valence-electron chi connectivity index (χ0n) is 17.0. The largest absolute Gasteiger partial charge is 0.491 e. The molecule has 27 heavy (non-hydrogen) atoms. The summed E-state index contributed by atoms with van der Waals surface area (Å²) in [5.74, 6) is 0.870. The van der Waals surface area contributed by atoms with Crippen LogP contribution in [-0.2, 0) is 18.9 Å². The second kappa shape index (κ2) is 18.6. The van der Waals surface area contributed by atoms with E-state index in [1.165, 1.54) is 24.2 Å². The van der Waals surface area contributed by atoms with Crippen LogP contribution in [0.5, 0.6) is 5.75 Å². The quantitative estimate of drug-likeness (QED) is 0.253. The molecule has 6 heteroatoms. The Morgan fingerprint density at radius 1 is 0.630 bits per heavy atom. The molecule has 0 bridgehead atoms. The summed E-state index contributed by atoms with van der Waals surface area (Å²) in [5.41, 5.74) is 0. The van der Waals surface area contributed by atoms with Crippen molar-refractivity contribution in [3.05, 3.63) is 24.3 Å². The summed E-state index contributed by atoms with van der Waals surface area (Å²) in [6.07, 6.45) is 7.01. The number of benzene rings is 1. The molecular formula is C21H36O5S. The van der Waals surface area contributed by atoms with Gasteiger partial charge in [0.05, 0.1) is 46.2 Å². The van der Waals surface area contributed by atoms with Gasteiger partial charge in [-0.05, 0) is 36.9 Å². The molecule has 156 valence electrons. The lowest BCUT2D eigenvalue weighted by atomic mass is 10.2. The molecule has 0 radical (unpaired) electrons. The maximum absolute atomic E-state index is 5.62. The summed E-state index contributed by atoms with van der Waals surface area (Å²) >= 11 is 1.72. The lowest BCUT2D eigenvalue weighted by molar-refractivity contribution is -0.00487. The summed E-state index contributed by atoms with van der Waals surface area (Å²) in [6.45, 7) is 7.74. The first-order valence-corrected chi connectivity index (χ1v) is 11.2. The van der Waals surface area contributed by atoms with Gasteiger partial charge in [0.2, 0.25) is 0 Å². The first-order chi connectivity index (χ1) is 13.4. The predicted octanol–water partition coefficient (Wildman–Crippen LogP) is 4.43. The molecule has 0 spiro atoms. The van der Waals surface area contributed by atoms with Gasteiger partial charge in [-0.1, -0.05) is 26.2 Å². The fourth-order valence-corrected chi connectivity index (χ4v) is 2.69. The van der Waals surface area contributed by atoms with Gasteiger partial charge in [-0.2, -0.15) is 0 Å². The molecule has 1 rings (SSSR count). The summed E-state index contributed by atoms with van der Waals surface area (Å²) < 4.78 is 27.5. The third kappa shape index (κ3) is 14.9. The SMILES string of the molecule is CCCCCCOCCOCCOCCOCCOc1ccc(SC)cc1. The van der Waals surface area contributed by atoms with E-state index in [4.69, 9.17) is 23.7 Å². The highest BCUT2D eigenvalue weighted by Crippen LogP contribution is 2.18. The maximum Gasteiger partial charge on any atom is 0.119 e. The molecule has 1 aromatic carbocycles. The number of rotatable bonds is 19. The smallest absolute Gasteiger partial charge is 0.119 e. The molecule has 0 aliphatic carbocycles. The van der Waals surface area contributed by atoms with Gasteiger partial charge in [-0.3, -0.25) is 0 Å². The lowest BCUT2D eigenvalue weighted by Gasteiger charge is -2.09. The van der Waals surface area contributed by atoms with Gasteiger partial charge in [0.1, 0.15) is 12.4 Å². The van der Waals surface area contributed by atoms with Crippen LogP contribution in [0.15, 0.2) is 29.2 Å². The Morgan fingerprint density at radius 2 is 1.15 bits per heavy atom. The molecule has 0 saturated heterocycles. The summed E-state index contributed by atoms with van der Waals surface area (Å²) in [6, 6.07) is 8.06. The molecule has 0 saturated carbocycles. The van der Waals surface area contributed by atoms with Crippen LogP contribution >= 0.6 is 11.8 Å². The normalized spacial score (nSPS) is 11.0. The molecule has 0 aromatic heterocycles. The minimum atomic E-state index is 0.542. The molecule has 0 N–H and O–H groups in total. The van der Waals surface area contributed by atoms with E-state index in [0.29, 0.717) is 52.9 Å². The fraction of sp³-hybridized carbons (Fsp3) is 0.714. The Labute approximate surface area is 169 Å². The third-order valence-electron chi connectivity index (χ3n) is 3.81. The summed E-state index contributed by atoms with van der Waals surface area (Å²) in [7, 11) is 0. The number of thioether (sulfide) groups is 1. The molecule has 5 nitrogen and oxygen atoms in total. The van der Waals surface area contributed by atoms with E-state index in [0.717, 1.165) is 18.8 Å². The van der Waals surface area contributed by atoms with Crippen LogP contribution < -0.4 is 4.74 Å². The van der Waals surface area contributed by atoms with E-state index < -0.39 is 0 Å². The number of ether oxygens (including phenoxy) is 5. The van der Waals surface area contributed by atoms with Crippen molar-refractivity contribution in [2.75, 3.05) is 65.7 Å². The molecular weight excluding hydrogens is 364 g/mol. The van der Waals surface area contributed by atoms with Crippen molar-refractivity contribution in [2.24, 2.45) is 0 Å². The average Bonchev–Trinajstić information content (AvgIpc) is 2.70. The van der Waals surface area contributed by atoms with Crippen molar-refractivity contribution >= 4 is 11.8 Å². The summed E-state index contributed by atoms with van der Waals surface area (Å²) in [5, 5.41) is 0. The highest BCUT2D eigenvalue weighted by atomic mass is 32.2. The zero-order chi connectivity index (χ0) is 19.4. The monoisotopic (exact) mass is 400 g/mol. The third-order valence-corrected chi connectivity index (χ3v) is 4.56. The minimum absolute atomic E-state index is 0.542. The van der Waals surface area contributed by atoms with Crippen LogP contribution in [0.3, 0.4) is 0 Å².